The lowest BCUT2D eigenvalue weighted by Gasteiger charge is -1.98. The van der Waals surface area contributed by atoms with Crippen LogP contribution in [0.2, 0.25) is 0 Å². The summed E-state index contributed by atoms with van der Waals surface area (Å²) in [6.45, 7) is 1.82. The maximum absolute atomic E-state index is 10.8. The average molecular weight is 298 g/mol. The first-order chi connectivity index (χ1) is 7.58. The number of halogens is 1. The molecule has 0 unspecified atom stereocenters. The van der Waals surface area contributed by atoms with Crippen LogP contribution in [0.4, 0.5) is 0 Å². The van der Waals surface area contributed by atoms with Crippen LogP contribution in [0.3, 0.4) is 0 Å². The number of hydrogen-bond donors (Lipinski definition) is 1. The number of nitrogens with zero attached hydrogens (tertiary/aromatic N) is 1. The van der Waals surface area contributed by atoms with Crippen LogP contribution < -0.4 is 0 Å². The van der Waals surface area contributed by atoms with E-state index in [1.165, 1.54) is 11.3 Å². The van der Waals surface area contributed by atoms with Crippen LogP contribution in [0.15, 0.2) is 28.7 Å². The van der Waals surface area contributed by atoms with Crippen molar-refractivity contribution in [3.05, 3.63) is 39.4 Å². The van der Waals surface area contributed by atoms with Gasteiger partial charge in [-0.25, -0.2) is 9.78 Å². The van der Waals surface area contributed by atoms with Crippen LogP contribution in [-0.4, -0.2) is 16.1 Å². The van der Waals surface area contributed by atoms with Gasteiger partial charge in [-0.05, 0) is 24.6 Å². The van der Waals surface area contributed by atoms with E-state index in [0.29, 0.717) is 0 Å². The summed E-state index contributed by atoms with van der Waals surface area (Å²) in [5, 5.41) is 8.99. The summed E-state index contributed by atoms with van der Waals surface area (Å²) in [5.41, 5.74) is 1.73. The minimum absolute atomic E-state index is 0.132. The molecule has 1 aromatic heterocycles. The fraction of sp³-hybridized carbons (Fsp3) is 0.0909. The number of aromatic carboxylic acids is 1. The van der Waals surface area contributed by atoms with E-state index in [1.54, 1.807) is 0 Å². The third kappa shape index (κ3) is 2.15. The minimum atomic E-state index is -0.977. The van der Waals surface area contributed by atoms with Gasteiger partial charge in [-0.1, -0.05) is 28.1 Å². The second-order valence-corrected chi connectivity index (χ2v) is 5.16. The predicted octanol–water partition coefficient (Wildman–Crippen LogP) is 3.58. The van der Waals surface area contributed by atoms with E-state index in [2.05, 4.69) is 20.9 Å². The molecule has 2 rings (SSSR count). The topological polar surface area (TPSA) is 50.2 Å². The van der Waals surface area contributed by atoms with Gasteiger partial charge >= 0.3 is 5.97 Å². The molecule has 0 bridgehead atoms. The highest BCUT2D eigenvalue weighted by atomic mass is 79.9. The Balaban J connectivity index is 2.52. The first kappa shape index (κ1) is 11.3. The number of thiazole rings is 1. The molecule has 0 amide bonds. The van der Waals surface area contributed by atoms with Crippen molar-refractivity contribution in [2.45, 2.75) is 6.92 Å². The number of carbonyl (C=O) groups is 1. The van der Waals surface area contributed by atoms with Gasteiger partial charge in [-0.3, -0.25) is 0 Å². The van der Waals surface area contributed by atoms with Crippen molar-refractivity contribution >= 4 is 33.2 Å². The van der Waals surface area contributed by atoms with E-state index in [0.717, 1.165) is 20.6 Å². The Kier molecular flexibility index (Phi) is 3.07. The maximum Gasteiger partial charge on any atom is 0.365 e. The summed E-state index contributed by atoms with van der Waals surface area (Å²) < 4.78 is 0.967. The third-order valence-corrected chi connectivity index (χ3v) is 3.75. The van der Waals surface area contributed by atoms with Crippen molar-refractivity contribution in [2.75, 3.05) is 0 Å². The minimum Gasteiger partial charge on any atom is -0.476 e. The molecule has 0 fully saturated rings. The molecule has 0 saturated carbocycles. The van der Waals surface area contributed by atoms with Crippen LogP contribution in [-0.2, 0) is 0 Å². The van der Waals surface area contributed by atoms with Crippen LogP contribution in [0, 0.1) is 6.92 Å². The molecule has 5 heteroatoms. The molecule has 0 aliphatic carbocycles. The summed E-state index contributed by atoms with van der Waals surface area (Å²) in [6.07, 6.45) is 0. The van der Waals surface area contributed by atoms with Gasteiger partial charge in [0.1, 0.15) is 0 Å². The second-order valence-electron chi connectivity index (χ2n) is 3.25. The maximum atomic E-state index is 10.8. The summed E-state index contributed by atoms with van der Waals surface area (Å²) in [6, 6.07) is 7.74. The van der Waals surface area contributed by atoms with E-state index in [1.807, 2.05) is 31.2 Å². The fourth-order valence-electron chi connectivity index (χ4n) is 1.39. The van der Waals surface area contributed by atoms with Crippen molar-refractivity contribution in [1.29, 1.82) is 0 Å². The smallest absolute Gasteiger partial charge is 0.365 e. The zero-order valence-corrected chi connectivity index (χ0v) is 10.8. The molecule has 3 nitrogen and oxygen atoms in total. The molecule has 1 N–H and O–H groups in total. The lowest BCUT2D eigenvalue weighted by Crippen LogP contribution is -1.93. The molecular formula is C11H8BrNO2S. The molecule has 0 saturated heterocycles. The molecule has 1 heterocycles. The first-order valence-electron chi connectivity index (χ1n) is 4.54. The van der Waals surface area contributed by atoms with E-state index in [9.17, 15) is 4.79 Å². The Morgan fingerprint density at radius 2 is 2.25 bits per heavy atom. The summed E-state index contributed by atoms with van der Waals surface area (Å²) in [5.74, 6) is -0.977. The van der Waals surface area contributed by atoms with Crippen molar-refractivity contribution in [3.8, 4) is 10.4 Å². The monoisotopic (exact) mass is 297 g/mol. The highest BCUT2D eigenvalue weighted by molar-refractivity contribution is 9.10. The summed E-state index contributed by atoms with van der Waals surface area (Å²) >= 11 is 4.59. The molecular weight excluding hydrogens is 290 g/mol. The Hall–Kier alpha value is -1.20. The van der Waals surface area contributed by atoms with Crippen molar-refractivity contribution in [2.24, 2.45) is 0 Å². The number of carboxylic acids is 1. The Morgan fingerprint density at radius 1 is 1.50 bits per heavy atom. The van der Waals surface area contributed by atoms with Crippen LogP contribution in [0.5, 0.6) is 0 Å². The zero-order chi connectivity index (χ0) is 11.7. The third-order valence-electron chi connectivity index (χ3n) is 2.07. The number of carboxylic acid groups (broad SMARTS) is 1. The van der Waals surface area contributed by atoms with E-state index in [-0.39, 0.29) is 5.01 Å². The van der Waals surface area contributed by atoms with Gasteiger partial charge in [-0.15, -0.1) is 11.3 Å². The average Bonchev–Trinajstić information content (AvgIpc) is 2.60. The molecule has 82 valence electrons. The van der Waals surface area contributed by atoms with Crippen LogP contribution >= 0.6 is 27.3 Å². The molecule has 16 heavy (non-hydrogen) atoms. The molecule has 0 aliphatic rings. The molecule has 0 aliphatic heterocycles. The van der Waals surface area contributed by atoms with Gasteiger partial charge in [0.15, 0.2) is 0 Å². The SMILES string of the molecule is Cc1nc(C(=O)O)sc1-c1cccc(Br)c1. The highest BCUT2D eigenvalue weighted by Gasteiger charge is 2.14. The molecule has 0 radical (unpaired) electrons. The first-order valence-corrected chi connectivity index (χ1v) is 6.15. The van der Waals surface area contributed by atoms with Crippen LogP contribution in [0.25, 0.3) is 10.4 Å². The molecule has 0 spiro atoms. The highest BCUT2D eigenvalue weighted by Crippen LogP contribution is 2.31. The number of aryl methyl sites for hydroxylation is 1. The Morgan fingerprint density at radius 3 is 2.81 bits per heavy atom. The van der Waals surface area contributed by atoms with Gasteiger partial charge in [0.25, 0.3) is 0 Å². The summed E-state index contributed by atoms with van der Waals surface area (Å²) in [7, 11) is 0. The van der Waals surface area contributed by atoms with Gasteiger partial charge in [0.05, 0.1) is 10.6 Å². The van der Waals surface area contributed by atoms with Crippen LogP contribution in [0.1, 0.15) is 15.5 Å². The standard InChI is InChI=1S/C11H8BrNO2S/c1-6-9(16-10(13-6)11(14)15)7-3-2-4-8(12)5-7/h2-5H,1H3,(H,14,15). The van der Waals surface area contributed by atoms with Gasteiger partial charge < -0.3 is 5.11 Å². The van der Waals surface area contributed by atoms with Crippen molar-refractivity contribution < 1.29 is 9.90 Å². The summed E-state index contributed by atoms with van der Waals surface area (Å²) in [4.78, 5) is 15.7. The van der Waals surface area contributed by atoms with E-state index in [4.69, 9.17) is 5.11 Å². The van der Waals surface area contributed by atoms with E-state index < -0.39 is 5.97 Å². The number of aromatic nitrogens is 1. The Bertz CT molecular complexity index is 551. The van der Waals surface area contributed by atoms with Crippen molar-refractivity contribution in [3.63, 3.8) is 0 Å². The van der Waals surface area contributed by atoms with Gasteiger partial charge in [0.2, 0.25) is 5.01 Å². The zero-order valence-electron chi connectivity index (χ0n) is 8.40. The number of benzene rings is 1. The van der Waals surface area contributed by atoms with Gasteiger partial charge in [-0.2, -0.15) is 0 Å². The largest absolute Gasteiger partial charge is 0.476 e. The van der Waals surface area contributed by atoms with Crippen molar-refractivity contribution in [1.82, 2.24) is 4.98 Å². The lowest BCUT2D eigenvalue weighted by molar-refractivity contribution is 0.0696. The van der Waals surface area contributed by atoms with Gasteiger partial charge in [0, 0.05) is 4.47 Å². The number of hydrogen-bond acceptors (Lipinski definition) is 3. The molecule has 2 aromatic rings. The quantitative estimate of drug-likeness (QED) is 0.922. The Labute approximate surface area is 105 Å². The predicted molar refractivity (Wildman–Crippen MR) is 66.9 cm³/mol. The second kappa shape index (κ2) is 4.35. The lowest BCUT2D eigenvalue weighted by atomic mass is 10.2. The normalized spacial score (nSPS) is 10.4. The molecule has 1 aromatic carbocycles. The fourth-order valence-corrected chi connectivity index (χ4v) is 2.69. The van der Waals surface area contributed by atoms with E-state index >= 15 is 0 Å². The molecule has 0 atom stereocenters. The number of rotatable bonds is 2.